The second-order valence-electron chi connectivity index (χ2n) is 6.30. The number of anilines is 3. The van der Waals surface area contributed by atoms with Crippen LogP contribution in [-0.4, -0.2) is 49.2 Å². The van der Waals surface area contributed by atoms with Gasteiger partial charge in [-0.2, -0.15) is 4.52 Å². The van der Waals surface area contributed by atoms with Crippen molar-refractivity contribution in [3.8, 4) is 0 Å². The number of nitrogens with one attached hydrogen (secondary N) is 2. The van der Waals surface area contributed by atoms with Crippen LogP contribution in [0.2, 0.25) is 0 Å². The molecule has 15 heteroatoms. The number of halogens is 1. The Morgan fingerprint density at radius 1 is 1.24 bits per heavy atom. The summed E-state index contributed by atoms with van der Waals surface area (Å²) in [4.78, 5) is 50.3. The summed E-state index contributed by atoms with van der Waals surface area (Å²) < 4.78 is 5.47. The Hall–Kier alpha value is -4.43. The monoisotopic (exact) mass is 474 g/mol. The van der Waals surface area contributed by atoms with Crippen LogP contribution in [0.5, 0.6) is 0 Å². The highest BCUT2D eigenvalue weighted by Gasteiger charge is 2.19. The lowest BCUT2D eigenvalue weighted by Gasteiger charge is -2.10. The van der Waals surface area contributed by atoms with Crippen LogP contribution in [0.4, 0.5) is 17.1 Å². The molecule has 0 aliphatic carbocycles. The highest BCUT2D eigenvalue weighted by Crippen LogP contribution is 2.19. The van der Waals surface area contributed by atoms with Crippen molar-refractivity contribution in [2.75, 3.05) is 18.2 Å². The lowest BCUT2D eigenvalue weighted by molar-refractivity contribution is 0.0590. The molecule has 14 nitrogen and oxygen atoms in total. The van der Waals surface area contributed by atoms with Gasteiger partial charge in [0.15, 0.2) is 11.4 Å². The summed E-state index contributed by atoms with van der Waals surface area (Å²) in [7, 11) is 1.17. The topological polar surface area (TPSA) is 204 Å². The van der Waals surface area contributed by atoms with Crippen molar-refractivity contribution in [2.45, 2.75) is 6.54 Å². The summed E-state index contributed by atoms with van der Waals surface area (Å²) in [6.07, 6.45) is 0. The molecule has 2 heterocycles. The van der Waals surface area contributed by atoms with Gasteiger partial charge < -0.3 is 20.9 Å². The summed E-state index contributed by atoms with van der Waals surface area (Å²) in [6, 6.07) is 8.32. The summed E-state index contributed by atoms with van der Waals surface area (Å²) in [6.45, 7) is 0.498. The summed E-state index contributed by atoms with van der Waals surface area (Å²) in [5.74, 6) is -2.11. The second kappa shape index (κ2) is 9.80. The van der Waals surface area contributed by atoms with Crippen LogP contribution in [-0.2, 0) is 11.3 Å². The zero-order valence-corrected chi connectivity index (χ0v) is 17.5. The number of fused-ring (bicyclic) bond motifs is 1. The van der Waals surface area contributed by atoms with Crippen LogP contribution in [0, 0.1) is 0 Å². The molecule has 0 aliphatic rings. The van der Waals surface area contributed by atoms with Crippen LogP contribution in [0.3, 0.4) is 0 Å². The third-order valence-electron chi connectivity index (χ3n) is 4.20. The summed E-state index contributed by atoms with van der Waals surface area (Å²) in [5, 5.41) is 21.8. The standard InChI is InChI=1S/C11H10ClN3O2.C7H5N5O4/c12-14-5-6-2-1-3-7(4-6)15-9-8(13)10(16)11(9)17;1-16-6(15)4-2-3(5(13)14)8-7-9-10-11-12(4)7/h1-4,14-15H,5,13H2;2H,1H3,(H,13,14). The molecular weight excluding hydrogens is 460 g/mol. The van der Waals surface area contributed by atoms with Gasteiger partial charge in [0.05, 0.1) is 7.11 Å². The number of rotatable bonds is 6. The average molecular weight is 475 g/mol. The molecule has 0 unspecified atom stereocenters. The van der Waals surface area contributed by atoms with Crippen LogP contribution >= 0.6 is 11.8 Å². The molecule has 0 amide bonds. The number of carboxylic acids is 1. The highest BCUT2D eigenvalue weighted by molar-refractivity contribution is 6.13. The van der Waals surface area contributed by atoms with Gasteiger partial charge >= 0.3 is 11.9 Å². The van der Waals surface area contributed by atoms with Crippen LogP contribution in [0.1, 0.15) is 26.5 Å². The molecule has 0 atom stereocenters. The normalized spacial score (nSPS) is 10.5. The number of tetrazole rings is 1. The Morgan fingerprint density at radius 3 is 2.64 bits per heavy atom. The number of esters is 1. The first kappa shape index (κ1) is 23.2. The van der Waals surface area contributed by atoms with Crippen LogP contribution < -0.4 is 26.7 Å². The maximum atomic E-state index is 11.3. The Morgan fingerprint density at radius 2 is 2.00 bits per heavy atom. The zero-order valence-electron chi connectivity index (χ0n) is 16.8. The Bertz CT molecular complexity index is 1410. The number of benzene rings is 1. The minimum absolute atomic E-state index is 0.0177. The quantitative estimate of drug-likeness (QED) is 0.163. The molecule has 4 aromatic rings. The molecule has 33 heavy (non-hydrogen) atoms. The van der Waals surface area contributed by atoms with Crippen LogP contribution in [0.15, 0.2) is 39.9 Å². The second-order valence-corrected chi connectivity index (χ2v) is 6.56. The third kappa shape index (κ3) is 4.91. The third-order valence-corrected chi connectivity index (χ3v) is 4.34. The van der Waals surface area contributed by atoms with Crippen molar-refractivity contribution < 1.29 is 19.4 Å². The van der Waals surface area contributed by atoms with E-state index in [9.17, 15) is 19.2 Å². The van der Waals surface area contributed by atoms with Gasteiger partial charge in [-0.15, -0.1) is 0 Å². The Labute approximate surface area is 188 Å². The first-order chi connectivity index (χ1) is 15.8. The van der Waals surface area contributed by atoms with Gasteiger partial charge in [-0.05, 0) is 39.9 Å². The van der Waals surface area contributed by atoms with E-state index in [1.54, 1.807) is 6.07 Å². The molecular formula is C18H15ClN8O6. The smallest absolute Gasteiger partial charge is 0.357 e. The number of ether oxygens (including phenoxy) is 1. The lowest BCUT2D eigenvalue weighted by atomic mass is 10.1. The number of nitrogen functional groups attached to an aromatic ring is 1. The van der Waals surface area contributed by atoms with Gasteiger partial charge in [-0.25, -0.2) is 19.4 Å². The number of hydrogen-bond donors (Lipinski definition) is 4. The number of nitrogens with zero attached hydrogens (tertiary/aromatic N) is 5. The number of carbonyl (C=O) groups is 2. The summed E-state index contributed by atoms with van der Waals surface area (Å²) in [5.41, 5.74) is 5.54. The first-order valence-electron chi connectivity index (χ1n) is 8.95. The van der Waals surface area contributed by atoms with Gasteiger partial charge in [-0.1, -0.05) is 17.2 Å². The number of aromatic nitrogens is 5. The number of carbonyl (C=O) groups excluding carboxylic acids is 1. The molecule has 0 bridgehead atoms. The van der Waals surface area contributed by atoms with Gasteiger partial charge in [0.2, 0.25) is 0 Å². The van der Waals surface area contributed by atoms with E-state index in [4.69, 9.17) is 22.6 Å². The maximum absolute atomic E-state index is 11.3. The fourth-order valence-electron chi connectivity index (χ4n) is 2.61. The lowest BCUT2D eigenvalue weighted by Crippen LogP contribution is -2.36. The van der Waals surface area contributed by atoms with Gasteiger partial charge in [-0.3, -0.25) is 9.59 Å². The molecule has 0 saturated carbocycles. The van der Waals surface area contributed by atoms with Gasteiger partial charge in [0, 0.05) is 18.3 Å². The van der Waals surface area contributed by atoms with Gasteiger partial charge in [0.25, 0.3) is 16.6 Å². The first-order valence-corrected chi connectivity index (χ1v) is 9.33. The molecule has 4 rings (SSSR count). The van der Waals surface area contributed by atoms with Crippen LogP contribution in [0.25, 0.3) is 5.78 Å². The van der Waals surface area contributed by atoms with E-state index < -0.39 is 22.8 Å². The van der Waals surface area contributed by atoms with Crippen molar-refractivity contribution in [3.05, 3.63) is 67.7 Å². The van der Waals surface area contributed by atoms with Crippen molar-refractivity contribution in [1.82, 2.24) is 29.9 Å². The highest BCUT2D eigenvalue weighted by atomic mass is 35.5. The molecule has 2 aromatic heterocycles. The van der Waals surface area contributed by atoms with Crippen molar-refractivity contribution >= 4 is 46.6 Å². The average Bonchev–Trinajstić information content (AvgIpc) is 3.30. The Balaban J connectivity index is 0.000000186. The summed E-state index contributed by atoms with van der Waals surface area (Å²) >= 11 is 5.40. The fourth-order valence-corrected chi connectivity index (χ4v) is 2.77. The molecule has 2 aromatic carbocycles. The zero-order chi connectivity index (χ0) is 24.1. The van der Waals surface area contributed by atoms with E-state index >= 15 is 0 Å². The van der Waals surface area contributed by atoms with E-state index in [1.165, 1.54) is 7.11 Å². The van der Waals surface area contributed by atoms with Crippen molar-refractivity contribution in [3.63, 3.8) is 0 Å². The number of methoxy groups -OCH3 is 1. The molecule has 170 valence electrons. The molecule has 0 radical (unpaired) electrons. The predicted molar refractivity (Wildman–Crippen MR) is 115 cm³/mol. The molecule has 5 N–H and O–H groups in total. The van der Waals surface area contributed by atoms with Crippen molar-refractivity contribution in [2.24, 2.45) is 0 Å². The number of nitrogens with two attached hydrogens (primary N) is 1. The van der Waals surface area contributed by atoms with Gasteiger partial charge in [0.1, 0.15) is 11.4 Å². The Kier molecular flexibility index (Phi) is 6.90. The van der Waals surface area contributed by atoms with E-state index in [2.05, 4.69) is 35.4 Å². The fraction of sp³-hybridized carbons (Fsp3) is 0.111. The number of hydrogen-bond acceptors (Lipinski definition) is 12. The SMILES string of the molecule is COC(=O)c1cc(C(=O)O)nc2nnnn12.Nc1c(Nc2cccc(CNCl)c2)c(=O)c1=O. The molecule has 0 aliphatic heterocycles. The maximum Gasteiger partial charge on any atom is 0.357 e. The number of carboxylic acid groups (broad SMARTS) is 1. The minimum Gasteiger partial charge on any atom is -0.477 e. The number of aromatic carboxylic acids is 1. The molecule has 0 spiro atoms. The van der Waals surface area contributed by atoms with E-state index in [-0.39, 0.29) is 28.5 Å². The largest absolute Gasteiger partial charge is 0.477 e. The van der Waals surface area contributed by atoms with E-state index in [0.29, 0.717) is 12.2 Å². The van der Waals surface area contributed by atoms with E-state index in [0.717, 1.165) is 16.1 Å². The predicted octanol–water partition coefficient (Wildman–Crippen LogP) is -0.144. The molecule has 0 saturated heterocycles. The van der Waals surface area contributed by atoms with Crippen molar-refractivity contribution in [1.29, 1.82) is 0 Å². The molecule has 0 fully saturated rings. The van der Waals surface area contributed by atoms with E-state index in [1.807, 2.05) is 18.2 Å². The minimum atomic E-state index is -1.28.